The standard InChI is InChI=1S/C27H32F3N3O4S/c1-2-38(36,37)26(14-15-34,20-6-4-3-5-7-20)33-23-13-10-19(25(31)35)17-22(23)32-24(33)16-18-8-11-21(12-9-18)27(28,29)30/h3-7,10,13,17-18,21,34H,2,8-9,11-12,14-16H2,1H3,(H2,31,35). The molecule has 2 aromatic carbocycles. The van der Waals surface area contributed by atoms with E-state index in [4.69, 9.17) is 10.7 Å². The fourth-order valence-electron chi connectivity index (χ4n) is 5.72. The Bertz CT molecular complexity index is 1400. The molecule has 38 heavy (non-hydrogen) atoms. The summed E-state index contributed by atoms with van der Waals surface area (Å²) in [5, 5.41) is 10.2. The minimum Gasteiger partial charge on any atom is -0.396 e. The van der Waals surface area contributed by atoms with Gasteiger partial charge in [0, 0.05) is 25.0 Å². The number of nitrogens with two attached hydrogens (primary N) is 1. The Hall–Kier alpha value is -2.92. The first-order chi connectivity index (χ1) is 17.9. The lowest BCUT2D eigenvalue weighted by Gasteiger charge is -2.37. The number of sulfone groups is 1. The number of carbonyl (C=O) groups excluding carboxylic acids is 1. The summed E-state index contributed by atoms with van der Waals surface area (Å²) >= 11 is 0. The largest absolute Gasteiger partial charge is 0.396 e. The number of hydrogen-bond donors (Lipinski definition) is 2. The van der Waals surface area contributed by atoms with E-state index in [9.17, 15) is 31.5 Å². The highest BCUT2D eigenvalue weighted by Gasteiger charge is 2.48. The lowest BCUT2D eigenvalue weighted by Crippen LogP contribution is -2.46. The van der Waals surface area contributed by atoms with Crippen LogP contribution in [0.1, 0.15) is 60.8 Å². The van der Waals surface area contributed by atoms with E-state index in [-0.39, 0.29) is 42.9 Å². The van der Waals surface area contributed by atoms with E-state index in [1.54, 1.807) is 41.0 Å². The van der Waals surface area contributed by atoms with Gasteiger partial charge in [-0.25, -0.2) is 13.4 Å². The van der Waals surface area contributed by atoms with Crippen molar-refractivity contribution in [3.63, 3.8) is 0 Å². The van der Waals surface area contributed by atoms with E-state index in [1.807, 2.05) is 0 Å². The molecule has 1 aromatic heterocycles. The number of amides is 1. The van der Waals surface area contributed by atoms with Gasteiger partial charge in [-0.15, -0.1) is 0 Å². The third-order valence-electron chi connectivity index (χ3n) is 7.72. The van der Waals surface area contributed by atoms with E-state index < -0.39 is 39.3 Å². The Labute approximate surface area is 219 Å². The number of aliphatic hydroxyl groups excluding tert-OH is 1. The molecule has 1 amide bonds. The molecule has 7 nitrogen and oxygen atoms in total. The van der Waals surface area contributed by atoms with Gasteiger partial charge < -0.3 is 15.4 Å². The summed E-state index contributed by atoms with van der Waals surface area (Å²) in [5.41, 5.74) is 6.89. The van der Waals surface area contributed by atoms with Crippen LogP contribution in [0, 0.1) is 11.8 Å². The smallest absolute Gasteiger partial charge is 0.391 e. The van der Waals surface area contributed by atoms with Gasteiger partial charge in [0.05, 0.1) is 22.7 Å². The fraction of sp³-hybridized carbons (Fsp3) is 0.481. The summed E-state index contributed by atoms with van der Waals surface area (Å²) in [4.78, 5) is 14.9. The number of aromatic nitrogens is 2. The Morgan fingerprint density at radius 3 is 2.32 bits per heavy atom. The van der Waals surface area contributed by atoms with Crippen LogP contribution in [0.4, 0.5) is 13.2 Å². The molecule has 0 aliphatic heterocycles. The lowest BCUT2D eigenvalue weighted by molar-refractivity contribution is -0.183. The zero-order valence-corrected chi connectivity index (χ0v) is 21.9. The van der Waals surface area contributed by atoms with Gasteiger partial charge in [-0.3, -0.25) is 4.79 Å². The van der Waals surface area contributed by atoms with E-state index in [2.05, 4.69) is 0 Å². The van der Waals surface area contributed by atoms with Crippen molar-refractivity contribution in [1.29, 1.82) is 0 Å². The van der Waals surface area contributed by atoms with Crippen LogP contribution >= 0.6 is 0 Å². The molecule has 1 heterocycles. The number of rotatable bonds is 9. The van der Waals surface area contributed by atoms with Crippen molar-refractivity contribution in [2.75, 3.05) is 12.4 Å². The Morgan fingerprint density at radius 1 is 1.11 bits per heavy atom. The topological polar surface area (TPSA) is 115 Å². The molecule has 206 valence electrons. The molecular formula is C27H32F3N3O4S. The van der Waals surface area contributed by atoms with Crippen LogP contribution in [-0.2, 0) is 21.1 Å². The maximum absolute atomic E-state index is 14.0. The van der Waals surface area contributed by atoms with Gasteiger partial charge in [0.15, 0.2) is 14.7 Å². The van der Waals surface area contributed by atoms with Gasteiger partial charge in [0.1, 0.15) is 5.82 Å². The number of hydrogen-bond acceptors (Lipinski definition) is 5. The van der Waals surface area contributed by atoms with Crippen molar-refractivity contribution < 1.29 is 31.5 Å². The monoisotopic (exact) mass is 551 g/mol. The van der Waals surface area contributed by atoms with Crippen molar-refractivity contribution in [2.45, 2.75) is 56.5 Å². The molecule has 0 saturated heterocycles. The van der Waals surface area contributed by atoms with Gasteiger partial charge in [0.25, 0.3) is 0 Å². The van der Waals surface area contributed by atoms with Crippen LogP contribution in [0.5, 0.6) is 0 Å². The molecule has 0 spiro atoms. The molecule has 1 unspecified atom stereocenters. The average Bonchev–Trinajstić information content (AvgIpc) is 3.24. The first kappa shape index (κ1) is 28.1. The Balaban J connectivity index is 1.94. The average molecular weight is 552 g/mol. The SMILES string of the molecule is CCS(=O)(=O)C(CCO)(c1ccccc1)n1c(CC2CCC(C(F)(F)F)CC2)nc2cc(C(N)=O)ccc21. The van der Waals surface area contributed by atoms with Crippen molar-refractivity contribution >= 4 is 26.8 Å². The van der Waals surface area contributed by atoms with Crippen LogP contribution in [0.25, 0.3) is 11.0 Å². The summed E-state index contributed by atoms with van der Waals surface area (Å²) in [6.07, 6.45) is -3.46. The number of benzene rings is 2. The van der Waals surface area contributed by atoms with Gasteiger partial charge in [-0.1, -0.05) is 37.3 Å². The molecule has 0 radical (unpaired) electrons. The summed E-state index contributed by atoms with van der Waals surface area (Å²) < 4.78 is 69.3. The second-order valence-electron chi connectivity index (χ2n) is 9.92. The lowest BCUT2D eigenvalue weighted by atomic mass is 9.80. The highest BCUT2D eigenvalue weighted by Crippen LogP contribution is 2.43. The van der Waals surface area contributed by atoms with Gasteiger partial charge in [-0.05, 0) is 55.4 Å². The number of primary amides is 1. The van der Waals surface area contributed by atoms with Crippen LogP contribution in [0.15, 0.2) is 48.5 Å². The Morgan fingerprint density at radius 2 is 1.76 bits per heavy atom. The predicted octanol–water partition coefficient (Wildman–Crippen LogP) is 4.56. The molecule has 1 aliphatic carbocycles. The van der Waals surface area contributed by atoms with Crippen molar-refractivity contribution in [2.24, 2.45) is 17.6 Å². The fourth-order valence-corrected chi connectivity index (χ4v) is 7.58. The molecule has 1 fully saturated rings. The highest BCUT2D eigenvalue weighted by atomic mass is 32.2. The van der Waals surface area contributed by atoms with Crippen LogP contribution in [0.2, 0.25) is 0 Å². The molecular weight excluding hydrogens is 519 g/mol. The molecule has 1 aliphatic rings. The predicted molar refractivity (Wildman–Crippen MR) is 138 cm³/mol. The molecule has 3 aromatic rings. The first-order valence-electron chi connectivity index (χ1n) is 12.7. The summed E-state index contributed by atoms with van der Waals surface area (Å²) in [6.45, 7) is 1.09. The number of nitrogens with zero attached hydrogens (tertiary/aromatic N) is 2. The van der Waals surface area contributed by atoms with Crippen molar-refractivity contribution in [3.05, 3.63) is 65.5 Å². The van der Waals surface area contributed by atoms with Crippen molar-refractivity contribution in [1.82, 2.24) is 9.55 Å². The van der Waals surface area contributed by atoms with Gasteiger partial charge >= 0.3 is 6.18 Å². The summed E-state index contributed by atoms with van der Waals surface area (Å²) in [5.74, 6) is -1.98. The number of aliphatic hydroxyl groups is 1. The van der Waals surface area contributed by atoms with Crippen LogP contribution < -0.4 is 5.73 Å². The minimum absolute atomic E-state index is 0.00788. The second-order valence-corrected chi connectivity index (χ2v) is 12.4. The quantitative estimate of drug-likeness (QED) is 0.405. The van der Waals surface area contributed by atoms with Crippen LogP contribution in [-0.4, -0.2) is 47.5 Å². The maximum Gasteiger partial charge on any atom is 0.391 e. The van der Waals surface area contributed by atoms with Gasteiger partial charge in [0.2, 0.25) is 5.91 Å². The number of halogens is 3. The van der Waals surface area contributed by atoms with Crippen LogP contribution in [0.3, 0.4) is 0 Å². The minimum atomic E-state index is -4.23. The summed E-state index contributed by atoms with van der Waals surface area (Å²) in [6, 6.07) is 13.1. The van der Waals surface area contributed by atoms with E-state index in [0.717, 1.165) is 0 Å². The molecule has 0 bridgehead atoms. The van der Waals surface area contributed by atoms with E-state index >= 15 is 0 Å². The molecule has 3 N–H and O–H groups in total. The zero-order valence-electron chi connectivity index (χ0n) is 21.1. The van der Waals surface area contributed by atoms with Crippen molar-refractivity contribution in [3.8, 4) is 0 Å². The first-order valence-corrected chi connectivity index (χ1v) is 14.4. The van der Waals surface area contributed by atoms with E-state index in [0.29, 0.717) is 35.3 Å². The third kappa shape index (κ3) is 5.05. The second kappa shape index (κ2) is 10.7. The summed E-state index contributed by atoms with van der Waals surface area (Å²) in [7, 11) is -3.95. The number of fused-ring (bicyclic) bond motifs is 1. The number of carbonyl (C=O) groups is 1. The van der Waals surface area contributed by atoms with E-state index in [1.165, 1.54) is 19.1 Å². The Kier molecular flexibility index (Phi) is 7.90. The maximum atomic E-state index is 14.0. The molecule has 1 saturated carbocycles. The normalized spacial score (nSPS) is 20.3. The molecule has 1 atom stereocenters. The number of alkyl halides is 3. The highest BCUT2D eigenvalue weighted by molar-refractivity contribution is 7.92. The molecule has 4 rings (SSSR count). The third-order valence-corrected chi connectivity index (χ3v) is 10.1. The molecule has 11 heteroatoms. The van der Waals surface area contributed by atoms with Gasteiger partial charge in [-0.2, -0.15) is 13.2 Å². The number of imidazole rings is 1. The zero-order chi connectivity index (χ0) is 27.7.